The van der Waals surface area contributed by atoms with Crippen LogP contribution in [-0.2, 0) is 16.4 Å². The van der Waals surface area contributed by atoms with Gasteiger partial charge in [0.25, 0.3) is 0 Å². The van der Waals surface area contributed by atoms with Gasteiger partial charge in [-0.15, -0.1) is 0 Å². The zero-order valence-corrected chi connectivity index (χ0v) is 15.0. The second-order valence-corrected chi connectivity index (χ2v) is 8.02. The molecule has 0 saturated heterocycles. The molecule has 4 nitrogen and oxygen atoms in total. The van der Waals surface area contributed by atoms with Gasteiger partial charge in [0, 0.05) is 18.5 Å². The molecule has 0 unspecified atom stereocenters. The molecule has 2 aromatic rings. The number of hydrogen-bond donors (Lipinski definition) is 2. The summed E-state index contributed by atoms with van der Waals surface area (Å²) in [5, 5.41) is 6.80. The maximum absolute atomic E-state index is 11.4. The Kier molecular flexibility index (Phi) is 5.38. The van der Waals surface area contributed by atoms with Crippen molar-refractivity contribution in [2.75, 3.05) is 11.6 Å². The van der Waals surface area contributed by atoms with Crippen LogP contribution in [0, 0.1) is 13.8 Å². The van der Waals surface area contributed by atoms with Crippen molar-refractivity contribution < 1.29 is 8.42 Å². The average Bonchev–Trinajstić information content (AvgIpc) is 2.43. The summed E-state index contributed by atoms with van der Waals surface area (Å²) >= 11 is 5.29. The molecule has 0 fully saturated rings. The van der Waals surface area contributed by atoms with Crippen molar-refractivity contribution in [3.05, 3.63) is 59.2 Å². The van der Waals surface area contributed by atoms with E-state index in [1.165, 1.54) is 17.4 Å². The van der Waals surface area contributed by atoms with Crippen molar-refractivity contribution in [3.8, 4) is 0 Å². The Hall–Kier alpha value is -1.92. The third-order valence-corrected chi connectivity index (χ3v) is 4.66. The second-order valence-electron chi connectivity index (χ2n) is 5.60. The van der Waals surface area contributed by atoms with E-state index in [4.69, 9.17) is 12.2 Å². The molecule has 0 atom stereocenters. The minimum Gasteiger partial charge on any atom is -0.358 e. The first kappa shape index (κ1) is 17.4. The molecular weight excluding hydrogens is 328 g/mol. The van der Waals surface area contributed by atoms with Crippen LogP contribution in [0.5, 0.6) is 0 Å². The minimum atomic E-state index is -3.16. The molecule has 0 aromatic heterocycles. The summed E-state index contributed by atoms with van der Waals surface area (Å²) in [5.74, 6) is 0. The van der Waals surface area contributed by atoms with Gasteiger partial charge in [0.05, 0.1) is 4.90 Å². The largest absolute Gasteiger partial charge is 0.358 e. The molecule has 0 aliphatic carbocycles. The lowest BCUT2D eigenvalue weighted by Gasteiger charge is -2.12. The highest BCUT2D eigenvalue weighted by molar-refractivity contribution is 7.90. The Bertz CT molecular complexity index is 793. The molecule has 0 saturated carbocycles. The van der Waals surface area contributed by atoms with Crippen LogP contribution in [0.25, 0.3) is 0 Å². The summed E-state index contributed by atoms with van der Waals surface area (Å²) in [5.41, 5.74) is 4.26. The van der Waals surface area contributed by atoms with E-state index in [2.05, 4.69) is 16.7 Å². The molecule has 0 spiro atoms. The van der Waals surface area contributed by atoms with Crippen LogP contribution in [0.4, 0.5) is 5.69 Å². The van der Waals surface area contributed by atoms with Crippen LogP contribution >= 0.6 is 12.2 Å². The Morgan fingerprint density at radius 1 is 1.04 bits per heavy atom. The molecule has 0 heterocycles. The standard InChI is InChI=1S/C17H20N2O2S2/c1-12-8-13(2)10-15(9-12)19-17(22)18-11-14-4-6-16(7-5-14)23(3,20)21/h4-10H,11H2,1-3H3,(H2,18,19,22). The normalized spacial score (nSPS) is 11.1. The van der Waals surface area contributed by atoms with E-state index in [0.717, 1.165) is 11.3 Å². The molecule has 0 aliphatic heterocycles. The van der Waals surface area contributed by atoms with E-state index in [0.29, 0.717) is 16.6 Å². The van der Waals surface area contributed by atoms with Gasteiger partial charge in [0.1, 0.15) is 0 Å². The fourth-order valence-corrected chi connectivity index (χ4v) is 3.08. The van der Waals surface area contributed by atoms with Gasteiger partial charge in [-0.2, -0.15) is 0 Å². The summed E-state index contributed by atoms with van der Waals surface area (Å²) in [6, 6.07) is 12.9. The Morgan fingerprint density at radius 3 is 2.13 bits per heavy atom. The Labute approximate surface area is 142 Å². The van der Waals surface area contributed by atoms with Crippen molar-refractivity contribution in [1.29, 1.82) is 0 Å². The van der Waals surface area contributed by atoms with Gasteiger partial charge < -0.3 is 10.6 Å². The molecule has 2 N–H and O–H groups in total. The molecule has 2 aromatic carbocycles. The molecule has 122 valence electrons. The van der Waals surface area contributed by atoms with E-state index in [9.17, 15) is 8.42 Å². The van der Waals surface area contributed by atoms with Crippen molar-refractivity contribution in [2.24, 2.45) is 0 Å². The molecule has 6 heteroatoms. The lowest BCUT2D eigenvalue weighted by molar-refractivity contribution is 0.602. The number of sulfone groups is 1. The van der Waals surface area contributed by atoms with E-state index in [1.54, 1.807) is 24.3 Å². The SMILES string of the molecule is Cc1cc(C)cc(NC(=S)NCc2ccc(S(C)(=O)=O)cc2)c1. The molecule has 0 aliphatic rings. The van der Waals surface area contributed by atoms with Gasteiger partial charge in [0.2, 0.25) is 0 Å². The Morgan fingerprint density at radius 2 is 1.61 bits per heavy atom. The monoisotopic (exact) mass is 348 g/mol. The molecule has 23 heavy (non-hydrogen) atoms. The van der Waals surface area contributed by atoms with Gasteiger partial charge in [0.15, 0.2) is 14.9 Å². The van der Waals surface area contributed by atoms with Crippen LogP contribution in [0.15, 0.2) is 47.4 Å². The van der Waals surface area contributed by atoms with Crippen molar-refractivity contribution >= 4 is 32.9 Å². The zero-order valence-electron chi connectivity index (χ0n) is 13.4. The maximum Gasteiger partial charge on any atom is 0.175 e. The summed E-state index contributed by atoms with van der Waals surface area (Å²) < 4.78 is 22.8. The average molecular weight is 348 g/mol. The fraction of sp³-hybridized carbons (Fsp3) is 0.235. The second kappa shape index (κ2) is 7.10. The quantitative estimate of drug-likeness (QED) is 0.831. The lowest BCUT2D eigenvalue weighted by Crippen LogP contribution is -2.27. The van der Waals surface area contributed by atoms with Gasteiger partial charge in [-0.3, -0.25) is 0 Å². The first-order valence-electron chi connectivity index (χ1n) is 7.16. The number of nitrogens with one attached hydrogen (secondary N) is 2. The van der Waals surface area contributed by atoms with Crippen molar-refractivity contribution in [3.63, 3.8) is 0 Å². The first-order valence-corrected chi connectivity index (χ1v) is 9.46. The van der Waals surface area contributed by atoms with Crippen molar-refractivity contribution in [2.45, 2.75) is 25.3 Å². The number of thiocarbonyl (C=S) groups is 1. The molecule has 0 radical (unpaired) electrons. The molecule has 0 amide bonds. The number of hydrogen-bond acceptors (Lipinski definition) is 3. The zero-order chi connectivity index (χ0) is 17.0. The highest BCUT2D eigenvalue weighted by Gasteiger charge is 2.06. The lowest BCUT2D eigenvalue weighted by atomic mass is 10.1. The maximum atomic E-state index is 11.4. The third kappa shape index (κ3) is 5.33. The van der Waals surface area contributed by atoms with E-state index >= 15 is 0 Å². The van der Waals surface area contributed by atoms with Crippen LogP contribution in [-0.4, -0.2) is 19.8 Å². The van der Waals surface area contributed by atoms with E-state index < -0.39 is 9.84 Å². The predicted molar refractivity (Wildman–Crippen MR) is 98.5 cm³/mol. The smallest absolute Gasteiger partial charge is 0.175 e. The van der Waals surface area contributed by atoms with Crippen molar-refractivity contribution in [1.82, 2.24) is 5.32 Å². The third-order valence-electron chi connectivity index (χ3n) is 3.28. The van der Waals surface area contributed by atoms with Gasteiger partial charge in [-0.25, -0.2) is 8.42 Å². The minimum absolute atomic E-state index is 0.317. The summed E-state index contributed by atoms with van der Waals surface area (Å²) in [7, 11) is -3.16. The topological polar surface area (TPSA) is 58.2 Å². The summed E-state index contributed by atoms with van der Waals surface area (Å²) in [6.07, 6.45) is 1.20. The van der Waals surface area contributed by atoms with Crippen LogP contribution in [0.1, 0.15) is 16.7 Å². The Balaban J connectivity index is 1.94. The number of anilines is 1. The molecule has 2 rings (SSSR count). The molecule has 0 bridgehead atoms. The van der Waals surface area contributed by atoms with Gasteiger partial charge in [-0.1, -0.05) is 18.2 Å². The number of benzene rings is 2. The highest BCUT2D eigenvalue weighted by Crippen LogP contribution is 2.14. The summed E-state index contributed by atoms with van der Waals surface area (Å²) in [4.78, 5) is 0.317. The predicted octanol–water partition coefficient (Wildman–Crippen LogP) is 3.19. The van der Waals surface area contributed by atoms with Gasteiger partial charge >= 0.3 is 0 Å². The number of rotatable bonds is 4. The first-order chi connectivity index (χ1) is 10.7. The highest BCUT2D eigenvalue weighted by atomic mass is 32.2. The summed E-state index contributed by atoms with van der Waals surface area (Å²) in [6.45, 7) is 4.61. The van der Waals surface area contributed by atoms with E-state index in [1.807, 2.05) is 26.0 Å². The van der Waals surface area contributed by atoms with E-state index in [-0.39, 0.29) is 0 Å². The number of aryl methyl sites for hydroxylation is 2. The van der Waals surface area contributed by atoms with Crippen LogP contribution in [0.2, 0.25) is 0 Å². The molecular formula is C17H20N2O2S2. The van der Waals surface area contributed by atoms with Gasteiger partial charge in [-0.05, 0) is 67.0 Å². The van der Waals surface area contributed by atoms with Crippen LogP contribution < -0.4 is 10.6 Å². The van der Waals surface area contributed by atoms with Crippen LogP contribution in [0.3, 0.4) is 0 Å². The fourth-order valence-electron chi connectivity index (χ4n) is 2.26.